The van der Waals surface area contributed by atoms with Gasteiger partial charge in [0.2, 0.25) is 0 Å². The van der Waals surface area contributed by atoms with Gasteiger partial charge in [0.05, 0.1) is 5.69 Å². The van der Waals surface area contributed by atoms with Crippen LogP contribution in [-0.2, 0) is 0 Å². The molecule has 0 saturated carbocycles. The van der Waals surface area contributed by atoms with Crippen molar-refractivity contribution in [2.75, 3.05) is 5.32 Å². The highest BCUT2D eigenvalue weighted by Crippen LogP contribution is 2.22. The van der Waals surface area contributed by atoms with E-state index in [2.05, 4.69) is 10.3 Å². The molecule has 1 heterocycles. The van der Waals surface area contributed by atoms with E-state index >= 15 is 0 Å². The first-order chi connectivity index (χ1) is 9.47. The van der Waals surface area contributed by atoms with Crippen LogP contribution in [0.1, 0.15) is 29.8 Å². The Morgan fingerprint density at radius 1 is 1.15 bits per heavy atom. The normalized spacial score (nSPS) is 10.6. The Kier molecular flexibility index (Phi) is 4.03. The number of nitrogens with one attached hydrogen (secondary N) is 1. The zero-order valence-electron chi connectivity index (χ0n) is 11.8. The molecule has 0 aliphatic heterocycles. The van der Waals surface area contributed by atoms with Crippen LogP contribution in [0.4, 0.5) is 5.82 Å². The third-order valence-corrected chi connectivity index (χ3v) is 2.90. The maximum absolute atomic E-state index is 11.2. The molecule has 0 fully saturated rings. The number of aromatic nitrogens is 1. The van der Waals surface area contributed by atoms with Gasteiger partial charge in [-0.25, -0.2) is 9.78 Å². The van der Waals surface area contributed by atoms with E-state index < -0.39 is 5.97 Å². The Labute approximate surface area is 118 Å². The lowest BCUT2D eigenvalue weighted by atomic mass is 10.1. The number of nitrogens with zero attached hydrogens (tertiary/aromatic N) is 1. The van der Waals surface area contributed by atoms with Crippen LogP contribution in [0.25, 0.3) is 11.3 Å². The second-order valence-corrected chi connectivity index (χ2v) is 5.06. The fourth-order valence-electron chi connectivity index (χ4n) is 1.90. The van der Waals surface area contributed by atoms with Crippen LogP contribution in [-0.4, -0.2) is 22.1 Å². The van der Waals surface area contributed by atoms with E-state index in [4.69, 9.17) is 0 Å². The smallest absolute Gasteiger partial charge is 0.339 e. The van der Waals surface area contributed by atoms with E-state index in [0.717, 1.165) is 11.3 Å². The van der Waals surface area contributed by atoms with Crippen molar-refractivity contribution in [3.05, 3.63) is 47.5 Å². The van der Waals surface area contributed by atoms with Crippen molar-refractivity contribution in [3.8, 4) is 11.3 Å². The molecule has 0 saturated heterocycles. The molecule has 104 valence electrons. The summed E-state index contributed by atoms with van der Waals surface area (Å²) in [5, 5.41) is 12.3. The minimum absolute atomic E-state index is 0.119. The first-order valence-corrected chi connectivity index (χ1v) is 6.55. The van der Waals surface area contributed by atoms with Crippen LogP contribution in [0.5, 0.6) is 0 Å². The molecule has 0 atom stereocenters. The molecule has 0 unspecified atom stereocenters. The lowest BCUT2D eigenvalue weighted by molar-refractivity contribution is 0.0697. The molecule has 0 spiro atoms. The van der Waals surface area contributed by atoms with Crippen molar-refractivity contribution in [2.45, 2.75) is 26.8 Å². The van der Waals surface area contributed by atoms with Gasteiger partial charge in [0.25, 0.3) is 0 Å². The van der Waals surface area contributed by atoms with Crippen LogP contribution in [0.15, 0.2) is 36.4 Å². The SMILES string of the molecule is Cc1ccc(-c2ccc(C(=O)O)c(NC(C)C)n2)cc1. The number of hydrogen-bond acceptors (Lipinski definition) is 3. The van der Waals surface area contributed by atoms with Crippen LogP contribution < -0.4 is 5.32 Å². The zero-order valence-corrected chi connectivity index (χ0v) is 11.8. The van der Waals surface area contributed by atoms with E-state index in [9.17, 15) is 9.90 Å². The average molecular weight is 270 g/mol. The lowest BCUT2D eigenvalue weighted by Crippen LogP contribution is -2.15. The number of aryl methyl sites for hydroxylation is 1. The van der Waals surface area contributed by atoms with Gasteiger partial charge in [-0.3, -0.25) is 0 Å². The fourth-order valence-corrected chi connectivity index (χ4v) is 1.90. The molecule has 1 aromatic heterocycles. The van der Waals surface area contributed by atoms with Crippen molar-refractivity contribution < 1.29 is 9.90 Å². The van der Waals surface area contributed by atoms with E-state index in [1.54, 1.807) is 12.1 Å². The maximum Gasteiger partial charge on any atom is 0.339 e. The molecule has 0 bridgehead atoms. The summed E-state index contributed by atoms with van der Waals surface area (Å²) in [7, 11) is 0. The molecule has 0 radical (unpaired) electrons. The van der Waals surface area contributed by atoms with Gasteiger partial charge in [0.15, 0.2) is 0 Å². The molecule has 2 aromatic rings. The first-order valence-electron chi connectivity index (χ1n) is 6.55. The number of hydrogen-bond donors (Lipinski definition) is 2. The van der Waals surface area contributed by atoms with Gasteiger partial charge >= 0.3 is 5.97 Å². The minimum Gasteiger partial charge on any atom is -0.478 e. The number of carbonyl (C=O) groups is 1. The minimum atomic E-state index is -0.976. The quantitative estimate of drug-likeness (QED) is 0.891. The van der Waals surface area contributed by atoms with Gasteiger partial charge in [-0.2, -0.15) is 0 Å². The zero-order chi connectivity index (χ0) is 14.7. The van der Waals surface area contributed by atoms with Crippen molar-refractivity contribution in [2.24, 2.45) is 0 Å². The summed E-state index contributed by atoms with van der Waals surface area (Å²) in [6, 6.07) is 11.4. The average Bonchev–Trinajstić information content (AvgIpc) is 2.38. The molecule has 2 rings (SSSR count). The third kappa shape index (κ3) is 3.15. The van der Waals surface area contributed by atoms with E-state index in [-0.39, 0.29) is 11.6 Å². The standard InChI is InChI=1S/C16H18N2O2/c1-10(2)17-15-13(16(19)20)8-9-14(18-15)12-6-4-11(3)5-7-12/h4-10H,1-3H3,(H,17,18)(H,19,20). The number of pyridine rings is 1. The van der Waals surface area contributed by atoms with Gasteiger partial charge in [-0.1, -0.05) is 29.8 Å². The summed E-state index contributed by atoms with van der Waals surface area (Å²) in [5.41, 5.74) is 3.10. The van der Waals surface area contributed by atoms with Crippen molar-refractivity contribution in [1.82, 2.24) is 4.98 Å². The highest BCUT2D eigenvalue weighted by Gasteiger charge is 2.13. The van der Waals surface area contributed by atoms with Crippen molar-refractivity contribution >= 4 is 11.8 Å². The summed E-state index contributed by atoms with van der Waals surface area (Å²) < 4.78 is 0. The Hall–Kier alpha value is -2.36. The Bertz CT molecular complexity index is 619. The predicted molar refractivity (Wildman–Crippen MR) is 80.1 cm³/mol. The topological polar surface area (TPSA) is 62.2 Å². The van der Waals surface area contributed by atoms with Crippen LogP contribution in [0.2, 0.25) is 0 Å². The summed E-state index contributed by atoms with van der Waals surface area (Å²) in [6.45, 7) is 5.92. The van der Waals surface area contributed by atoms with Crippen molar-refractivity contribution in [3.63, 3.8) is 0 Å². The van der Waals surface area contributed by atoms with Gasteiger partial charge in [0, 0.05) is 11.6 Å². The fraction of sp³-hybridized carbons (Fsp3) is 0.250. The second kappa shape index (κ2) is 5.74. The summed E-state index contributed by atoms with van der Waals surface area (Å²) in [5.74, 6) is -0.568. The van der Waals surface area contributed by atoms with Crippen LogP contribution >= 0.6 is 0 Å². The molecule has 20 heavy (non-hydrogen) atoms. The predicted octanol–water partition coefficient (Wildman–Crippen LogP) is 3.58. The van der Waals surface area contributed by atoms with Crippen LogP contribution in [0.3, 0.4) is 0 Å². The summed E-state index contributed by atoms with van der Waals surface area (Å²) in [6.07, 6.45) is 0. The largest absolute Gasteiger partial charge is 0.478 e. The molecule has 4 nitrogen and oxygen atoms in total. The molecule has 0 aliphatic rings. The monoisotopic (exact) mass is 270 g/mol. The maximum atomic E-state index is 11.2. The first kappa shape index (κ1) is 14.1. The number of benzene rings is 1. The Balaban J connectivity index is 2.45. The molecular formula is C16H18N2O2. The number of anilines is 1. The van der Waals surface area contributed by atoms with Gasteiger partial charge < -0.3 is 10.4 Å². The number of carboxylic acids is 1. The van der Waals surface area contributed by atoms with Gasteiger partial charge in [-0.15, -0.1) is 0 Å². The highest BCUT2D eigenvalue weighted by molar-refractivity contribution is 5.93. The van der Waals surface area contributed by atoms with Gasteiger partial charge in [0.1, 0.15) is 11.4 Å². The number of carboxylic acid groups (broad SMARTS) is 1. The Morgan fingerprint density at radius 3 is 2.35 bits per heavy atom. The molecule has 4 heteroatoms. The highest BCUT2D eigenvalue weighted by atomic mass is 16.4. The molecular weight excluding hydrogens is 252 g/mol. The third-order valence-electron chi connectivity index (χ3n) is 2.90. The summed E-state index contributed by atoms with van der Waals surface area (Å²) in [4.78, 5) is 15.7. The molecule has 0 amide bonds. The second-order valence-electron chi connectivity index (χ2n) is 5.06. The lowest BCUT2D eigenvalue weighted by Gasteiger charge is -2.13. The van der Waals surface area contributed by atoms with Crippen molar-refractivity contribution in [1.29, 1.82) is 0 Å². The van der Waals surface area contributed by atoms with E-state index in [0.29, 0.717) is 5.82 Å². The van der Waals surface area contributed by atoms with Crippen LogP contribution in [0, 0.1) is 6.92 Å². The Morgan fingerprint density at radius 2 is 1.80 bits per heavy atom. The number of aromatic carboxylic acids is 1. The van der Waals surface area contributed by atoms with Gasteiger partial charge in [-0.05, 0) is 32.9 Å². The molecule has 0 aliphatic carbocycles. The van der Waals surface area contributed by atoms with E-state index in [1.807, 2.05) is 45.0 Å². The molecule has 1 aromatic carbocycles. The van der Waals surface area contributed by atoms with E-state index in [1.165, 1.54) is 5.56 Å². The summed E-state index contributed by atoms with van der Waals surface area (Å²) >= 11 is 0. The number of rotatable bonds is 4. The molecule has 2 N–H and O–H groups in total.